The Labute approximate surface area is 195 Å². The molecule has 0 amide bonds. The zero-order chi connectivity index (χ0) is 24.7. The maximum atomic E-state index is 12.5. The Bertz CT molecular complexity index is 1190. The van der Waals surface area contributed by atoms with Gasteiger partial charge >= 0.3 is 12.3 Å². The zero-order valence-corrected chi connectivity index (χ0v) is 19.3. The van der Waals surface area contributed by atoms with Gasteiger partial charge in [0, 0.05) is 11.7 Å². The van der Waals surface area contributed by atoms with Crippen molar-refractivity contribution in [1.29, 1.82) is 0 Å². The summed E-state index contributed by atoms with van der Waals surface area (Å²) in [7, 11) is 0. The third kappa shape index (κ3) is 5.63. The third-order valence-electron chi connectivity index (χ3n) is 6.18. The van der Waals surface area contributed by atoms with E-state index in [1.54, 1.807) is 12.1 Å². The second-order valence-electron chi connectivity index (χ2n) is 9.96. The molecule has 0 unspecified atom stereocenters. The fourth-order valence-electron chi connectivity index (χ4n) is 5.25. The molecule has 3 aromatic rings. The molecule has 9 heteroatoms. The predicted octanol–water partition coefficient (Wildman–Crippen LogP) is 6.69. The number of carbonyl (C=O) groups is 1. The van der Waals surface area contributed by atoms with E-state index >= 15 is 0 Å². The first-order chi connectivity index (χ1) is 15.9. The number of hydrogen-bond donors (Lipinski definition) is 2. The van der Waals surface area contributed by atoms with E-state index in [-0.39, 0.29) is 23.6 Å². The number of aromatic nitrogens is 2. The van der Waals surface area contributed by atoms with Crippen LogP contribution in [0.2, 0.25) is 0 Å². The summed E-state index contributed by atoms with van der Waals surface area (Å²) in [5, 5.41) is 12.4. The van der Waals surface area contributed by atoms with Crippen LogP contribution < -0.4 is 10.1 Å². The molecular weight excluding hydrogens is 447 g/mol. The molecule has 0 bridgehead atoms. The highest BCUT2D eigenvalue weighted by atomic mass is 19.4. The van der Waals surface area contributed by atoms with Crippen molar-refractivity contribution in [2.45, 2.75) is 58.9 Å². The summed E-state index contributed by atoms with van der Waals surface area (Å²) in [6, 6.07) is 11.2. The lowest BCUT2D eigenvalue weighted by atomic mass is 9.70. The molecule has 2 atom stereocenters. The van der Waals surface area contributed by atoms with Crippen molar-refractivity contribution in [1.82, 2.24) is 9.55 Å². The topological polar surface area (TPSA) is 76.4 Å². The van der Waals surface area contributed by atoms with Crippen molar-refractivity contribution < 1.29 is 27.8 Å². The van der Waals surface area contributed by atoms with Gasteiger partial charge in [-0.3, -0.25) is 4.79 Å². The Hall–Kier alpha value is -3.23. The van der Waals surface area contributed by atoms with E-state index in [0.717, 1.165) is 24.8 Å². The molecular formula is C25H28F3N3O3. The van der Waals surface area contributed by atoms with Crippen molar-refractivity contribution >= 4 is 28.6 Å². The number of hydrogen-bond acceptors (Lipinski definition) is 4. The third-order valence-corrected chi connectivity index (χ3v) is 6.18. The van der Waals surface area contributed by atoms with Gasteiger partial charge < -0.3 is 19.7 Å². The number of alkyl halides is 3. The van der Waals surface area contributed by atoms with Crippen molar-refractivity contribution in [2.75, 3.05) is 5.32 Å². The minimum Gasteiger partial charge on any atom is -0.481 e. The molecule has 0 spiro atoms. The van der Waals surface area contributed by atoms with Gasteiger partial charge in [0.1, 0.15) is 5.75 Å². The summed E-state index contributed by atoms with van der Waals surface area (Å²) in [6.07, 6.45) is -1.80. The van der Waals surface area contributed by atoms with E-state index in [1.165, 1.54) is 24.3 Å². The average molecular weight is 476 g/mol. The number of imidazole rings is 1. The number of rotatable bonds is 6. The number of aliphatic carboxylic acids is 1. The molecule has 1 aliphatic carbocycles. The molecule has 1 saturated carbocycles. The van der Waals surface area contributed by atoms with Crippen LogP contribution in [0.1, 0.15) is 51.6 Å². The molecule has 0 radical (unpaired) electrons. The fraction of sp³-hybridized carbons (Fsp3) is 0.440. The van der Waals surface area contributed by atoms with E-state index in [0.29, 0.717) is 28.6 Å². The Morgan fingerprint density at radius 3 is 2.53 bits per heavy atom. The van der Waals surface area contributed by atoms with Crippen molar-refractivity contribution in [3.63, 3.8) is 0 Å². The van der Waals surface area contributed by atoms with Crippen LogP contribution in [-0.4, -0.2) is 27.0 Å². The first kappa shape index (κ1) is 23.9. The Kier molecular flexibility index (Phi) is 6.22. The number of ether oxygens (including phenoxy) is 1. The molecule has 1 aromatic heterocycles. The summed E-state index contributed by atoms with van der Waals surface area (Å²) in [6.45, 7) is 6.75. The monoisotopic (exact) mass is 475 g/mol. The number of carboxylic acids is 1. The molecule has 34 heavy (non-hydrogen) atoms. The van der Waals surface area contributed by atoms with Crippen LogP contribution in [0.5, 0.6) is 5.75 Å². The summed E-state index contributed by atoms with van der Waals surface area (Å²) >= 11 is 0. The lowest BCUT2D eigenvalue weighted by Gasteiger charge is -2.40. The minimum absolute atomic E-state index is 0.0975. The van der Waals surface area contributed by atoms with Gasteiger partial charge in [0.25, 0.3) is 0 Å². The number of halogens is 3. The van der Waals surface area contributed by atoms with Gasteiger partial charge in [0.05, 0.1) is 17.5 Å². The number of nitrogens with zero attached hydrogens (tertiary/aromatic N) is 2. The number of anilines is 2. The highest BCUT2D eigenvalue weighted by molar-refractivity contribution is 5.82. The number of benzene rings is 2. The van der Waals surface area contributed by atoms with Crippen molar-refractivity contribution in [3.8, 4) is 5.75 Å². The van der Waals surface area contributed by atoms with Crippen LogP contribution in [0.3, 0.4) is 0 Å². The van der Waals surface area contributed by atoms with E-state index < -0.39 is 12.3 Å². The Morgan fingerprint density at radius 1 is 1.21 bits per heavy atom. The van der Waals surface area contributed by atoms with Gasteiger partial charge in [0.15, 0.2) is 0 Å². The lowest BCUT2D eigenvalue weighted by Crippen LogP contribution is -2.29. The standard InChI is InChI=1S/C25H28F3N3O3/c1-15-10-18(14-24(2,3)13-15)31-21-9-4-16(12-22(32)33)11-20(21)30-23(31)29-17-5-7-19(8-6-17)34-25(26,27)28/h4-9,11,15,18H,10,12-14H2,1-3H3,(H,29,30)(H,32,33)/t15-,18+/m0/s1. The smallest absolute Gasteiger partial charge is 0.481 e. The van der Waals surface area contributed by atoms with Crippen LogP contribution >= 0.6 is 0 Å². The van der Waals surface area contributed by atoms with E-state index in [4.69, 9.17) is 10.1 Å². The number of nitrogens with one attached hydrogen (secondary N) is 1. The molecule has 6 nitrogen and oxygen atoms in total. The Balaban J connectivity index is 1.72. The zero-order valence-electron chi connectivity index (χ0n) is 19.3. The molecule has 2 N–H and O–H groups in total. The summed E-state index contributed by atoms with van der Waals surface area (Å²) in [5.41, 5.74) is 2.94. The van der Waals surface area contributed by atoms with Crippen LogP contribution in [0, 0.1) is 11.3 Å². The minimum atomic E-state index is -4.75. The van der Waals surface area contributed by atoms with Gasteiger partial charge in [-0.15, -0.1) is 13.2 Å². The predicted molar refractivity (Wildman–Crippen MR) is 123 cm³/mol. The SMILES string of the molecule is C[C@H]1C[C@@H](n2c(Nc3ccc(OC(F)(F)F)cc3)nc3cc(CC(=O)O)ccc32)CC(C)(C)C1. The summed E-state index contributed by atoms with van der Waals surface area (Å²) in [5.74, 6) is -0.125. The van der Waals surface area contributed by atoms with Gasteiger partial charge in [-0.1, -0.05) is 26.8 Å². The second-order valence-corrected chi connectivity index (χ2v) is 9.96. The average Bonchev–Trinajstić information content (AvgIpc) is 3.03. The van der Waals surface area contributed by atoms with Crippen molar-refractivity contribution in [2.24, 2.45) is 11.3 Å². The Morgan fingerprint density at radius 2 is 1.91 bits per heavy atom. The van der Waals surface area contributed by atoms with E-state index in [9.17, 15) is 18.0 Å². The van der Waals surface area contributed by atoms with E-state index in [1.807, 2.05) is 6.07 Å². The summed E-state index contributed by atoms with van der Waals surface area (Å²) < 4.78 is 43.6. The molecule has 2 aromatic carbocycles. The largest absolute Gasteiger partial charge is 0.573 e. The normalized spacial score (nSPS) is 20.3. The van der Waals surface area contributed by atoms with Crippen LogP contribution in [0.4, 0.5) is 24.8 Å². The molecule has 0 aliphatic heterocycles. The first-order valence-electron chi connectivity index (χ1n) is 11.2. The van der Waals surface area contributed by atoms with Gasteiger partial charge in [-0.25, -0.2) is 4.98 Å². The highest BCUT2D eigenvalue weighted by Crippen LogP contribution is 2.46. The van der Waals surface area contributed by atoms with Crippen LogP contribution in [0.15, 0.2) is 42.5 Å². The number of fused-ring (bicyclic) bond motifs is 1. The fourth-order valence-corrected chi connectivity index (χ4v) is 5.25. The molecule has 0 saturated heterocycles. The molecule has 1 heterocycles. The molecule has 1 aliphatic rings. The van der Waals surface area contributed by atoms with Gasteiger partial charge in [0.2, 0.25) is 5.95 Å². The van der Waals surface area contributed by atoms with Crippen molar-refractivity contribution in [3.05, 3.63) is 48.0 Å². The second kappa shape index (κ2) is 8.85. The first-order valence-corrected chi connectivity index (χ1v) is 11.2. The highest BCUT2D eigenvalue weighted by Gasteiger charge is 2.35. The quantitative estimate of drug-likeness (QED) is 0.415. The molecule has 1 fully saturated rings. The van der Waals surface area contributed by atoms with Crippen LogP contribution in [0.25, 0.3) is 11.0 Å². The maximum absolute atomic E-state index is 12.5. The van der Waals surface area contributed by atoms with Gasteiger partial charge in [-0.2, -0.15) is 0 Å². The molecule has 182 valence electrons. The van der Waals surface area contributed by atoms with E-state index in [2.05, 4.69) is 35.4 Å². The van der Waals surface area contributed by atoms with Gasteiger partial charge in [-0.05, 0) is 72.6 Å². The summed E-state index contributed by atoms with van der Waals surface area (Å²) in [4.78, 5) is 15.9. The lowest BCUT2D eigenvalue weighted by molar-refractivity contribution is -0.274. The maximum Gasteiger partial charge on any atom is 0.573 e. The molecule has 4 rings (SSSR count). The number of carboxylic acid groups (broad SMARTS) is 1. The van der Waals surface area contributed by atoms with Crippen LogP contribution in [-0.2, 0) is 11.2 Å².